The molecule has 0 amide bonds. The fraction of sp³-hybridized carbons (Fsp3) is 0.833. The summed E-state index contributed by atoms with van der Waals surface area (Å²) in [6.07, 6.45) is 0. The summed E-state index contributed by atoms with van der Waals surface area (Å²) < 4.78 is 4.74. The number of nitrogens with zero attached hydrogens (tertiary/aromatic N) is 1. The van der Waals surface area contributed by atoms with E-state index >= 15 is 0 Å². The van der Waals surface area contributed by atoms with E-state index in [-0.39, 0.29) is 12.8 Å². The van der Waals surface area contributed by atoms with Crippen molar-refractivity contribution < 1.29 is 9.84 Å². The van der Waals surface area contributed by atoms with Crippen molar-refractivity contribution in [3.8, 4) is 0 Å². The van der Waals surface area contributed by atoms with Crippen LogP contribution in [0.25, 0.3) is 0 Å². The summed E-state index contributed by atoms with van der Waals surface area (Å²) in [5.74, 6) is 0.0246. The molecule has 0 fully saturated rings. The second kappa shape index (κ2) is 4.15. The van der Waals surface area contributed by atoms with Crippen molar-refractivity contribution in [2.75, 3.05) is 13.4 Å². The molecule has 5 nitrogen and oxygen atoms in total. The van der Waals surface area contributed by atoms with E-state index in [1.54, 1.807) is 0 Å². The predicted octanol–water partition coefficient (Wildman–Crippen LogP) is -0.995. The lowest BCUT2D eigenvalue weighted by Gasteiger charge is -2.18. The average Bonchev–Trinajstić information content (AvgIpc) is 1.81. The topological polar surface area (TPSA) is 93.9 Å². The van der Waals surface area contributed by atoms with Gasteiger partial charge >= 0.3 is 0 Å². The van der Waals surface area contributed by atoms with E-state index in [4.69, 9.17) is 21.3 Å². The fourth-order valence-corrected chi connectivity index (χ4v) is 0.677. The Morgan fingerprint density at radius 1 is 1.55 bits per heavy atom. The zero-order valence-electron chi connectivity index (χ0n) is 6.87. The molecule has 11 heavy (non-hydrogen) atoms. The minimum atomic E-state index is -0.471. The Morgan fingerprint density at radius 3 is 2.45 bits per heavy atom. The molecule has 0 aromatic heterocycles. The lowest BCUT2D eigenvalue weighted by Crippen LogP contribution is -2.32. The molecular formula is C6H15N3O2. The monoisotopic (exact) mass is 161 g/mol. The third-order valence-electron chi connectivity index (χ3n) is 0.978. The molecule has 0 radical (unpaired) electrons. The molecule has 5 heteroatoms. The molecule has 66 valence electrons. The maximum Gasteiger partial charge on any atom is 0.186 e. The number of guanidine groups is 1. The van der Waals surface area contributed by atoms with Crippen LogP contribution in [0.1, 0.15) is 13.8 Å². The molecule has 0 saturated heterocycles. The van der Waals surface area contributed by atoms with E-state index in [2.05, 4.69) is 4.99 Å². The molecule has 0 rings (SSSR count). The Balaban J connectivity index is 3.90. The van der Waals surface area contributed by atoms with Gasteiger partial charge < -0.3 is 21.3 Å². The average molecular weight is 161 g/mol. The van der Waals surface area contributed by atoms with E-state index in [9.17, 15) is 0 Å². The zero-order valence-corrected chi connectivity index (χ0v) is 6.87. The van der Waals surface area contributed by atoms with Crippen molar-refractivity contribution in [2.24, 2.45) is 16.5 Å². The summed E-state index contributed by atoms with van der Waals surface area (Å²) in [6, 6.07) is 0. The first kappa shape index (κ1) is 10.2. The third kappa shape index (κ3) is 5.63. The highest BCUT2D eigenvalue weighted by molar-refractivity contribution is 5.76. The summed E-state index contributed by atoms with van der Waals surface area (Å²) in [7, 11) is 0. The normalized spacial score (nSPS) is 11.2. The van der Waals surface area contributed by atoms with Crippen LogP contribution in [-0.4, -0.2) is 30.0 Å². The van der Waals surface area contributed by atoms with Gasteiger partial charge in [0.05, 0.1) is 12.1 Å². The number of nitrogens with two attached hydrogens (primary N) is 2. The predicted molar refractivity (Wildman–Crippen MR) is 42.9 cm³/mol. The molecule has 0 aliphatic heterocycles. The molecule has 0 atom stereocenters. The molecule has 0 spiro atoms. The highest BCUT2D eigenvalue weighted by atomic mass is 16.6. The first-order valence-electron chi connectivity index (χ1n) is 3.27. The third-order valence-corrected chi connectivity index (χ3v) is 0.978. The second-order valence-electron chi connectivity index (χ2n) is 2.83. The molecule has 0 bridgehead atoms. The molecule has 0 aliphatic rings. The van der Waals surface area contributed by atoms with Gasteiger partial charge in [0, 0.05) is 0 Å². The van der Waals surface area contributed by atoms with Gasteiger partial charge in [-0.2, -0.15) is 0 Å². The number of rotatable bonds is 4. The van der Waals surface area contributed by atoms with E-state index in [0.29, 0.717) is 6.61 Å². The molecule has 0 saturated carbocycles. The Hall–Kier alpha value is -0.810. The summed E-state index contributed by atoms with van der Waals surface area (Å²) in [6.45, 7) is 3.59. The van der Waals surface area contributed by atoms with Crippen molar-refractivity contribution in [2.45, 2.75) is 19.4 Å². The Bertz CT molecular complexity index is 141. The van der Waals surface area contributed by atoms with Crippen molar-refractivity contribution in [1.29, 1.82) is 0 Å². The van der Waals surface area contributed by atoms with Crippen molar-refractivity contribution in [1.82, 2.24) is 0 Å². The quantitative estimate of drug-likeness (QED) is 0.280. The van der Waals surface area contributed by atoms with Crippen LogP contribution in [0.4, 0.5) is 0 Å². The summed E-state index contributed by atoms with van der Waals surface area (Å²) >= 11 is 0. The number of ether oxygens (including phenoxy) is 1. The maximum atomic E-state index is 8.33. The van der Waals surface area contributed by atoms with Crippen LogP contribution < -0.4 is 11.5 Å². The smallest absolute Gasteiger partial charge is 0.186 e. The number of aliphatic imine (C=N–C) groups is 1. The number of aliphatic hydroxyl groups excluding tert-OH is 1. The molecule has 5 N–H and O–H groups in total. The molecule has 0 aromatic carbocycles. The zero-order chi connectivity index (χ0) is 8.91. The Morgan fingerprint density at radius 2 is 2.09 bits per heavy atom. The highest BCUT2D eigenvalue weighted by Crippen LogP contribution is 2.07. The lowest BCUT2D eigenvalue weighted by atomic mass is 10.1. The second-order valence-corrected chi connectivity index (χ2v) is 2.83. The largest absolute Gasteiger partial charge is 0.371 e. The molecule has 0 unspecified atom stereocenters. The van der Waals surface area contributed by atoms with E-state index < -0.39 is 5.54 Å². The van der Waals surface area contributed by atoms with Gasteiger partial charge in [-0.25, -0.2) is 4.99 Å². The Labute approximate surface area is 66.0 Å². The summed E-state index contributed by atoms with van der Waals surface area (Å²) in [5, 5.41) is 8.33. The summed E-state index contributed by atoms with van der Waals surface area (Å²) in [4.78, 5) is 3.88. The van der Waals surface area contributed by atoms with E-state index in [1.165, 1.54) is 0 Å². The van der Waals surface area contributed by atoms with Gasteiger partial charge in [-0.05, 0) is 13.8 Å². The lowest BCUT2D eigenvalue weighted by molar-refractivity contribution is -0.0179. The molecular weight excluding hydrogens is 146 g/mol. The maximum absolute atomic E-state index is 8.33. The van der Waals surface area contributed by atoms with Gasteiger partial charge in [-0.1, -0.05) is 0 Å². The SMILES string of the molecule is CC(C)(COCO)N=C(N)N. The molecule has 0 aliphatic carbocycles. The van der Waals surface area contributed by atoms with Crippen molar-refractivity contribution in [3.63, 3.8) is 0 Å². The van der Waals surface area contributed by atoms with Gasteiger partial charge in [0.2, 0.25) is 0 Å². The van der Waals surface area contributed by atoms with Crippen molar-refractivity contribution >= 4 is 5.96 Å². The fourth-order valence-electron chi connectivity index (χ4n) is 0.677. The standard InChI is InChI=1S/C6H15N3O2/c1-6(2,3-11-4-10)9-5(7)8/h10H,3-4H2,1-2H3,(H4,7,8,9). The van der Waals surface area contributed by atoms with Crippen LogP contribution in [-0.2, 0) is 4.74 Å². The summed E-state index contributed by atoms with van der Waals surface area (Å²) in [5.41, 5.74) is 9.85. The number of hydrogen-bond acceptors (Lipinski definition) is 3. The number of aliphatic hydroxyl groups is 1. The molecule has 0 heterocycles. The Kier molecular flexibility index (Phi) is 3.84. The van der Waals surface area contributed by atoms with Crippen molar-refractivity contribution in [3.05, 3.63) is 0 Å². The van der Waals surface area contributed by atoms with Crippen LogP contribution >= 0.6 is 0 Å². The van der Waals surface area contributed by atoms with Gasteiger partial charge in [0.1, 0.15) is 6.79 Å². The van der Waals surface area contributed by atoms with Crippen LogP contribution in [0.15, 0.2) is 4.99 Å². The number of hydrogen-bond donors (Lipinski definition) is 3. The highest BCUT2D eigenvalue weighted by Gasteiger charge is 2.16. The van der Waals surface area contributed by atoms with Gasteiger partial charge in [0.15, 0.2) is 5.96 Å². The minimum absolute atomic E-state index is 0.0246. The van der Waals surface area contributed by atoms with E-state index in [0.717, 1.165) is 0 Å². The van der Waals surface area contributed by atoms with Crippen LogP contribution in [0.3, 0.4) is 0 Å². The van der Waals surface area contributed by atoms with Crippen LogP contribution in [0, 0.1) is 0 Å². The van der Waals surface area contributed by atoms with Gasteiger partial charge in [0.25, 0.3) is 0 Å². The molecule has 0 aromatic rings. The van der Waals surface area contributed by atoms with Gasteiger partial charge in [-0.15, -0.1) is 0 Å². The van der Waals surface area contributed by atoms with Crippen LogP contribution in [0.5, 0.6) is 0 Å². The van der Waals surface area contributed by atoms with E-state index in [1.807, 2.05) is 13.8 Å². The van der Waals surface area contributed by atoms with Gasteiger partial charge in [-0.3, -0.25) is 0 Å². The first-order valence-corrected chi connectivity index (χ1v) is 3.27. The first-order chi connectivity index (χ1) is 4.98. The van der Waals surface area contributed by atoms with Crippen LogP contribution in [0.2, 0.25) is 0 Å². The minimum Gasteiger partial charge on any atom is -0.371 e.